The summed E-state index contributed by atoms with van der Waals surface area (Å²) in [6.45, 7) is 1.59. The first-order valence-electron chi connectivity index (χ1n) is 7.08. The van der Waals surface area contributed by atoms with Crippen LogP contribution in [0.5, 0.6) is 0 Å². The highest BCUT2D eigenvalue weighted by Crippen LogP contribution is 2.16. The maximum absolute atomic E-state index is 12.2. The van der Waals surface area contributed by atoms with Gasteiger partial charge in [-0.05, 0) is 19.1 Å². The minimum atomic E-state index is -3.61. The summed E-state index contributed by atoms with van der Waals surface area (Å²) in [5.74, 6) is -0.631. The fraction of sp³-hybridized carbons (Fsp3) is 0.385. The predicted molar refractivity (Wildman–Crippen MR) is 88.1 cm³/mol. The van der Waals surface area contributed by atoms with Gasteiger partial charge in [-0.2, -0.15) is 0 Å². The molecule has 0 fully saturated rings. The van der Waals surface area contributed by atoms with Gasteiger partial charge in [-0.3, -0.25) is 9.20 Å². The first-order valence-corrected chi connectivity index (χ1v) is 10.6. The van der Waals surface area contributed by atoms with E-state index in [1.54, 1.807) is 18.2 Å². The summed E-state index contributed by atoms with van der Waals surface area (Å²) in [4.78, 5) is 16.2. The van der Waals surface area contributed by atoms with E-state index >= 15 is 0 Å². The van der Waals surface area contributed by atoms with E-state index in [1.165, 1.54) is 17.5 Å². The van der Waals surface area contributed by atoms with E-state index in [4.69, 9.17) is 0 Å². The molecule has 0 saturated carbocycles. The second-order valence-electron chi connectivity index (χ2n) is 5.02. The lowest BCUT2D eigenvalue weighted by Crippen LogP contribution is -2.35. The van der Waals surface area contributed by atoms with Gasteiger partial charge in [-0.1, -0.05) is 6.07 Å². The van der Waals surface area contributed by atoms with Crippen molar-refractivity contribution in [2.45, 2.75) is 12.1 Å². The summed E-state index contributed by atoms with van der Waals surface area (Å²) in [5, 5.41) is 2.29. The molecular weight excluding hydrogens is 356 g/mol. The van der Waals surface area contributed by atoms with Crippen molar-refractivity contribution in [2.24, 2.45) is 0 Å². The molecule has 0 atom stereocenters. The van der Waals surface area contributed by atoms with Gasteiger partial charge >= 0.3 is 0 Å². The molecule has 9 nitrogen and oxygen atoms in total. The number of sulfonamides is 1. The second kappa shape index (κ2) is 6.87. The molecule has 0 radical (unpaired) electrons. The number of nitrogens with one attached hydrogen (secondary N) is 2. The van der Waals surface area contributed by atoms with Crippen molar-refractivity contribution in [3.05, 3.63) is 30.1 Å². The largest absolute Gasteiger partial charge is 0.349 e. The number of pyridine rings is 1. The molecule has 0 unspecified atom stereocenters. The van der Waals surface area contributed by atoms with Crippen LogP contribution in [-0.2, 0) is 19.9 Å². The average molecular weight is 374 g/mol. The van der Waals surface area contributed by atoms with Gasteiger partial charge in [0, 0.05) is 25.5 Å². The van der Waals surface area contributed by atoms with Crippen molar-refractivity contribution < 1.29 is 21.6 Å². The van der Waals surface area contributed by atoms with Crippen LogP contribution in [0.1, 0.15) is 17.4 Å². The maximum atomic E-state index is 12.2. The number of sulfone groups is 1. The van der Waals surface area contributed by atoms with Crippen molar-refractivity contribution in [3.8, 4) is 0 Å². The molecule has 11 heteroatoms. The lowest BCUT2D eigenvalue weighted by atomic mass is 10.3. The summed E-state index contributed by atoms with van der Waals surface area (Å²) in [6, 6.07) is 4.87. The Kier molecular flexibility index (Phi) is 5.26. The van der Waals surface area contributed by atoms with E-state index in [1.807, 2.05) is 0 Å². The number of aromatic nitrogens is 2. The normalized spacial score (nSPS) is 12.4. The molecule has 0 aromatic carbocycles. The highest BCUT2D eigenvalue weighted by Gasteiger charge is 2.22. The highest BCUT2D eigenvalue weighted by molar-refractivity contribution is 7.90. The molecule has 2 aromatic heterocycles. The molecule has 0 saturated heterocycles. The topological polar surface area (TPSA) is 127 Å². The zero-order valence-corrected chi connectivity index (χ0v) is 14.8. The molecule has 132 valence electrons. The van der Waals surface area contributed by atoms with Crippen molar-refractivity contribution >= 4 is 31.3 Å². The van der Waals surface area contributed by atoms with E-state index in [-0.39, 0.29) is 29.7 Å². The van der Waals surface area contributed by atoms with Crippen LogP contribution >= 0.6 is 0 Å². The van der Waals surface area contributed by atoms with Gasteiger partial charge in [0.1, 0.15) is 0 Å². The molecule has 0 aliphatic carbocycles. The Morgan fingerprint density at radius 3 is 2.54 bits per heavy atom. The van der Waals surface area contributed by atoms with Crippen LogP contribution < -0.4 is 10.0 Å². The summed E-state index contributed by atoms with van der Waals surface area (Å²) in [6.07, 6.45) is 2.51. The number of imidazole rings is 1. The Hall–Kier alpha value is -1.98. The number of nitrogens with zero attached hydrogens (tertiary/aromatic N) is 2. The predicted octanol–water partition coefficient (Wildman–Crippen LogP) is -0.593. The van der Waals surface area contributed by atoms with Crippen LogP contribution in [0, 0.1) is 0 Å². The molecule has 0 bridgehead atoms. The summed E-state index contributed by atoms with van der Waals surface area (Å²) >= 11 is 0. The summed E-state index contributed by atoms with van der Waals surface area (Å²) in [5.41, 5.74) is 0.318. The SMILES string of the molecule is CCS(=O)(=O)NCCNC(=O)c1nc(S(C)(=O)=O)n2ccccc12. The van der Waals surface area contributed by atoms with Gasteiger partial charge in [0.2, 0.25) is 25.0 Å². The summed E-state index contributed by atoms with van der Waals surface area (Å²) in [7, 11) is -6.94. The van der Waals surface area contributed by atoms with Crippen LogP contribution in [0.4, 0.5) is 0 Å². The van der Waals surface area contributed by atoms with E-state index < -0.39 is 25.8 Å². The van der Waals surface area contributed by atoms with Gasteiger partial charge in [0.15, 0.2) is 5.69 Å². The van der Waals surface area contributed by atoms with Crippen molar-refractivity contribution in [1.29, 1.82) is 0 Å². The van der Waals surface area contributed by atoms with E-state index in [9.17, 15) is 21.6 Å². The van der Waals surface area contributed by atoms with Crippen LogP contribution in [-0.4, -0.2) is 57.2 Å². The Balaban J connectivity index is 2.19. The smallest absolute Gasteiger partial charge is 0.272 e. The third-order valence-electron chi connectivity index (χ3n) is 3.18. The Bertz CT molecular complexity index is 963. The Morgan fingerprint density at radius 1 is 1.21 bits per heavy atom. The number of carbonyl (C=O) groups excluding carboxylic acids is 1. The summed E-state index contributed by atoms with van der Waals surface area (Å²) < 4.78 is 49.8. The van der Waals surface area contributed by atoms with Crippen LogP contribution in [0.15, 0.2) is 29.6 Å². The van der Waals surface area contributed by atoms with E-state index in [0.29, 0.717) is 5.52 Å². The van der Waals surface area contributed by atoms with Crippen molar-refractivity contribution in [2.75, 3.05) is 25.1 Å². The molecule has 24 heavy (non-hydrogen) atoms. The zero-order valence-electron chi connectivity index (χ0n) is 13.2. The zero-order chi connectivity index (χ0) is 18.0. The van der Waals surface area contributed by atoms with Crippen molar-refractivity contribution in [3.63, 3.8) is 0 Å². The van der Waals surface area contributed by atoms with E-state index in [0.717, 1.165) is 6.26 Å². The van der Waals surface area contributed by atoms with E-state index in [2.05, 4.69) is 15.0 Å². The molecule has 2 aromatic rings. The number of hydrogen-bond acceptors (Lipinski definition) is 6. The molecule has 2 rings (SSSR count). The van der Waals surface area contributed by atoms with Crippen LogP contribution in [0.25, 0.3) is 5.52 Å². The standard InChI is InChI=1S/C13H18N4O5S2/c1-3-24(21,22)15-8-7-14-12(18)11-10-6-4-5-9-17(10)13(16-11)23(2,19)20/h4-6,9,15H,3,7-8H2,1-2H3,(H,14,18). The van der Waals surface area contributed by atoms with Crippen LogP contribution in [0.2, 0.25) is 0 Å². The first kappa shape index (κ1) is 18.4. The number of amides is 1. The fourth-order valence-corrected chi connectivity index (χ4v) is 3.40. The van der Waals surface area contributed by atoms with Gasteiger partial charge < -0.3 is 5.32 Å². The molecule has 1 amide bonds. The first-order chi connectivity index (χ1) is 11.2. The number of hydrogen-bond donors (Lipinski definition) is 2. The Morgan fingerprint density at radius 2 is 1.92 bits per heavy atom. The van der Waals surface area contributed by atoms with Gasteiger partial charge in [0.05, 0.1) is 11.3 Å². The molecular formula is C13H18N4O5S2. The van der Waals surface area contributed by atoms with Gasteiger partial charge in [-0.25, -0.2) is 26.5 Å². The molecule has 0 aliphatic heterocycles. The van der Waals surface area contributed by atoms with Crippen molar-refractivity contribution in [1.82, 2.24) is 19.4 Å². The van der Waals surface area contributed by atoms with Crippen LogP contribution in [0.3, 0.4) is 0 Å². The third-order valence-corrected chi connectivity index (χ3v) is 5.53. The molecule has 0 spiro atoms. The quantitative estimate of drug-likeness (QED) is 0.624. The maximum Gasteiger partial charge on any atom is 0.272 e. The molecule has 2 heterocycles. The fourth-order valence-electron chi connectivity index (χ4n) is 2.01. The minimum absolute atomic E-state index is 0.0330. The lowest BCUT2D eigenvalue weighted by molar-refractivity contribution is 0.0951. The van der Waals surface area contributed by atoms with Gasteiger partial charge in [-0.15, -0.1) is 0 Å². The molecule has 2 N–H and O–H groups in total. The lowest BCUT2D eigenvalue weighted by Gasteiger charge is -2.05. The monoisotopic (exact) mass is 374 g/mol. The number of carbonyl (C=O) groups is 1. The van der Waals surface area contributed by atoms with Gasteiger partial charge in [0.25, 0.3) is 5.91 Å². The average Bonchev–Trinajstić information content (AvgIpc) is 2.91. The minimum Gasteiger partial charge on any atom is -0.349 e. The number of fused-ring (bicyclic) bond motifs is 1. The number of rotatable bonds is 7. The highest BCUT2D eigenvalue weighted by atomic mass is 32.2. The second-order valence-corrected chi connectivity index (χ2v) is 9.03. The molecule has 0 aliphatic rings. The Labute approximate surface area is 140 Å². The third kappa shape index (κ3) is 4.10.